The summed E-state index contributed by atoms with van der Waals surface area (Å²) < 4.78 is 5.54. The van der Waals surface area contributed by atoms with E-state index in [0.29, 0.717) is 6.61 Å². The molecule has 0 heterocycles. The molecule has 0 rings (SSSR count). The fraction of sp³-hybridized carbons (Fsp3) is 0.682. The van der Waals surface area contributed by atoms with Gasteiger partial charge in [0.1, 0.15) is 0 Å². The number of rotatable bonds is 17. The van der Waals surface area contributed by atoms with Crippen molar-refractivity contribution in [2.45, 2.75) is 77.6 Å². The lowest BCUT2D eigenvalue weighted by molar-refractivity contribution is 0.167. The van der Waals surface area contributed by atoms with Gasteiger partial charge in [0.05, 0.1) is 13.2 Å². The van der Waals surface area contributed by atoms with E-state index < -0.39 is 0 Å². The molecule has 0 N–H and O–H groups in total. The molecule has 0 unspecified atom stereocenters. The number of hydrogen-bond donors (Lipinski definition) is 0. The van der Waals surface area contributed by atoms with Crippen molar-refractivity contribution in [1.29, 1.82) is 0 Å². The number of allylic oxidation sites excluding steroid dienone is 3. The monoisotopic (exact) mass is 352 g/mol. The summed E-state index contributed by atoms with van der Waals surface area (Å²) in [5, 5.41) is 0. The van der Waals surface area contributed by atoms with Crippen LogP contribution in [-0.2, 0) is 4.74 Å². The van der Waals surface area contributed by atoms with Gasteiger partial charge in [0, 0.05) is 5.88 Å². The van der Waals surface area contributed by atoms with Gasteiger partial charge in [-0.3, -0.25) is 0 Å². The minimum Gasteiger partial charge on any atom is -0.377 e. The van der Waals surface area contributed by atoms with Crippen LogP contribution >= 0.6 is 11.6 Å². The first-order valence-electron chi connectivity index (χ1n) is 9.75. The molecule has 0 aliphatic rings. The van der Waals surface area contributed by atoms with Crippen LogP contribution in [0, 0.1) is 0 Å². The zero-order chi connectivity index (χ0) is 17.6. The fourth-order valence-electron chi connectivity index (χ4n) is 2.22. The van der Waals surface area contributed by atoms with Crippen molar-refractivity contribution in [3.8, 4) is 0 Å². The highest BCUT2D eigenvalue weighted by Gasteiger charge is 1.87. The Bertz CT molecular complexity index is 351. The van der Waals surface area contributed by atoms with Crippen molar-refractivity contribution >= 4 is 11.6 Å². The van der Waals surface area contributed by atoms with Crippen LogP contribution in [0.5, 0.6) is 0 Å². The molecule has 0 aromatic heterocycles. The van der Waals surface area contributed by atoms with Gasteiger partial charge in [0.25, 0.3) is 0 Å². The molecule has 0 aromatic rings. The van der Waals surface area contributed by atoms with E-state index >= 15 is 0 Å². The molecule has 0 atom stereocenters. The van der Waals surface area contributed by atoms with E-state index in [1.54, 1.807) is 0 Å². The summed E-state index contributed by atoms with van der Waals surface area (Å²) in [6.45, 7) is 3.73. The van der Waals surface area contributed by atoms with Crippen molar-refractivity contribution in [3.63, 3.8) is 0 Å². The predicted octanol–water partition coefficient (Wildman–Crippen LogP) is 7.38. The van der Waals surface area contributed by atoms with Gasteiger partial charge in [-0.1, -0.05) is 63.3 Å². The molecule has 0 aliphatic heterocycles. The van der Waals surface area contributed by atoms with Gasteiger partial charge >= 0.3 is 0 Å². The Balaban J connectivity index is 3.28. The summed E-state index contributed by atoms with van der Waals surface area (Å²) in [7, 11) is 0. The first kappa shape index (κ1) is 23.2. The topological polar surface area (TPSA) is 9.23 Å². The Morgan fingerprint density at radius 1 is 0.792 bits per heavy atom. The third kappa shape index (κ3) is 21.2. The zero-order valence-corrected chi connectivity index (χ0v) is 16.4. The largest absolute Gasteiger partial charge is 0.377 e. The Labute approximate surface area is 155 Å². The molecule has 0 saturated carbocycles. The summed E-state index contributed by atoms with van der Waals surface area (Å²) in [5.74, 6) is 0.724. The van der Waals surface area contributed by atoms with E-state index in [4.69, 9.17) is 16.3 Å². The average Bonchev–Trinajstić information content (AvgIpc) is 2.60. The zero-order valence-electron chi connectivity index (χ0n) is 15.6. The highest BCUT2D eigenvalue weighted by molar-refractivity contribution is 6.17. The second-order valence-corrected chi connectivity index (χ2v) is 6.38. The van der Waals surface area contributed by atoms with Crippen LogP contribution in [0.4, 0.5) is 0 Å². The Morgan fingerprint density at radius 2 is 1.54 bits per heavy atom. The lowest BCUT2D eigenvalue weighted by Gasteiger charge is -1.97. The second kappa shape index (κ2) is 22.2. The van der Waals surface area contributed by atoms with E-state index in [-0.39, 0.29) is 0 Å². The Morgan fingerprint density at radius 3 is 2.38 bits per heavy atom. The van der Waals surface area contributed by atoms with E-state index in [1.807, 2.05) is 12.2 Å². The van der Waals surface area contributed by atoms with Crippen molar-refractivity contribution in [2.75, 3.05) is 19.1 Å². The molecule has 0 radical (unpaired) electrons. The molecule has 0 aromatic carbocycles. The molecule has 0 fully saturated rings. The van der Waals surface area contributed by atoms with Crippen LogP contribution in [0.3, 0.4) is 0 Å². The fourth-order valence-corrected chi connectivity index (χ4v) is 2.38. The summed E-state index contributed by atoms with van der Waals surface area (Å²) in [5.41, 5.74) is 3.15. The SMILES string of the molecule is CCCCCCCC/C=C\C/C=C\COCCC=C=CCCCCl. The lowest BCUT2D eigenvalue weighted by atomic mass is 10.1. The molecule has 0 spiro atoms. The normalized spacial score (nSPS) is 11.2. The standard InChI is InChI=1S/C22H37ClO/c1-2-3-4-5-6-7-8-9-10-12-15-18-21-24-22-19-16-13-11-14-17-20-23/h9-11,15-16,18H,2-8,12,14,17,19-22H2,1H3/b10-9-,18-15-. The molecule has 0 saturated heterocycles. The maximum atomic E-state index is 5.60. The smallest absolute Gasteiger partial charge is 0.0647 e. The first-order chi connectivity index (χ1) is 11.9. The number of ether oxygens (including phenoxy) is 1. The van der Waals surface area contributed by atoms with Gasteiger partial charge in [-0.15, -0.1) is 17.3 Å². The highest BCUT2D eigenvalue weighted by Crippen LogP contribution is 2.07. The number of halogens is 1. The van der Waals surface area contributed by atoms with Gasteiger partial charge in [0.15, 0.2) is 0 Å². The summed E-state index contributed by atoms with van der Waals surface area (Å²) in [6, 6.07) is 0. The van der Waals surface area contributed by atoms with E-state index in [0.717, 1.165) is 38.2 Å². The number of alkyl halides is 1. The van der Waals surface area contributed by atoms with Crippen molar-refractivity contribution in [1.82, 2.24) is 0 Å². The quantitative estimate of drug-likeness (QED) is 0.115. The van der Waals surface area contributed by atoms with Gasteiger partial charge < -0.3 is 4.74 Å². The van der Waals surface area contributed by atoms with Gasteiger partial charge in [-0.2, -0.15) is 0 Å². The van der Waals surface area contributed by atoms with Crippen LogP contribution in [0.25, 0.3) is 0 Å². The Kier molecular flexibility index (Phi) is 21.6. The molecule has 0 amide bonds. The van der Waals surface area contributed by atoms with Crippen LogP contribution in [-0.4, -0.2) is 19.1 Å². The van der Waals surface area contributed by atoms with Crippen molar-refractivity contribution in [3.05, 3.63) is 42.2 Å². The molecule has 138 valence electrons. The molecule has 2 heteroatoms. The number of unbranched alkanes of at least 4 members (excludes halogenated alkanes) is 7. The van der Waals surface area contributed by atoms with Crippen LogP contribution < -0.4 is 0 Å². The maximum absolute atomic E-state index is 5.60. The first-order valence-corrected chi connectivity index (χ1v) is 10.3. The third-order valence-corrected chi connectivity index (χ3v) is 3.94. The summed E-state index contributed by atoms with van der Waals surface area (Å²) >= 11 is 5.60. The molecule has 24 heavy (non-hydrogen) atoms. The predicted molar refractivity (Wildman–Crippen MR) is 109 cm³/mol. The van der Waals surface area contributed by atoms with Crippen LogP contribution in [0.2, 0.25) is 0 Å². The lowest BCUT2D eigenvalue weighted by Crippen LogP contribution is -1.91. The minimum absolute atomic E-state index is 0.703. The van der Waals surface area contributed by atoms with Gasteiger partial charge in [-0.25, -0.2) is 0 Å². The number of hydrogen-bond acceptors (Lipinski definition) is 1. The van der Waals surface area contributed by atoms with E-state index in [9.17, 15) is 0 Å². The van der Waals surface area contributed by atoms with E-state index in [2.05, 4.69) is 37.0 Å². The average molecular weight is 353 g/mol. The van der Waals surface area contributed by atoms with Crippen molar-refractivity contribution in [2.24, 2.45) is 0 Å². The summed E-state index contributed by atoms with van der Waals surface area (Å²) in [6.07, 6.45) is 26.4. The minimum atomic E-state index is 0.703. The van der Waals surface area contributed by atoms with E-state index in [1.165, 1.54) is 44.9 Å². The maximum Gasteiger partial charge on any atom is 0.0647 e. The molecular formula is C22H37ClO. The van der Waals surface area contributed by atoms with Gasteiger partial charge in [-0.05, 0) is 50.7 Å². The highest BCUT2D eigenvalue weighted by atomic mass is 35.5. The summed E-state index contributed by atoms with van der Waals surface area (Å²) in [4.78, 5) is 0. The Hall–Kier alpha value is -0.750. The molecule has 0 aliphatic carbocycles. The molecule has 1 nitrogen and oxygen atoms in total. The van der Waals surface area contributed by atoms with Gasteiger partial charge in [0.2, 0.25) is 0 Å². The third-order valence-electron chi connectivity index (χ3n) is 3.67. The van der Waals surface area contributed by atoms with Crippen LogP contribution in [0.1, 0.15) is 77.6 Å². The van der Waals surface area contributed by atoms with Crippen molar-refractivity contribution < 1.29 is 4.74 Å². The second-order valence-electron chi connectivity index (χ2n) is 6.00. The van der Waals surface area contributed by atoms with Crippen LogP contribution in [0.15, 0.2) is 42.2 Å². The molecule has 0 bridgehead atoms. The molecular weight excluding hydrogens is 316 g/mol.